The van der Waals surface area contributed by atoms with Crippen molar-refractivity contribution in [3.05, 3.63) is 53.1 Å². The minimum absolute atomic E-state index is 0.0363. The van der Waals surface area contributed by atoms with Crippen LogP contribution >= 0.6 is 0 Å². The molecular weight excluding hydrogens is 294 g/mol. The molecule has 0 aliphatic heterocycles. The lowest BCUT2D eigenvalue weighted by atomic mass is 9.93. The van der Waals surface area contributed by atoms with E-state index in [2.05, 4.69) is 76.0 Å². The van der Waals surface area contributed by atoms with Crippen LogP contribution in [0.25, 0.3) is 0 Å². The molecule has 0 bridgehead atoms. The molecule has 1 saturated carbocycles. The highest BCUT2D eigenvalue weighted by Crippen LogP contribution is 2.40. The SMILES string of the molecule is CC1=CC(C)(NC2([SiH](C)c3ccccc3)CCCC2)C(C)=C1C. The zero-order valence-electron chi connectivity index (χ0n) is 15.4. The van der Waals surface area contributed by atoms with Crippen LogP contribution < -0.4 is 10.5 Å². The Hall–Kier alpha value is -1.12. The Morgan fingerprint density at radius 3 is 2.13 bits per heavy atom. The molecular formula is C21H31NSi. The maximum Gasteiger partial charge on any atom is 0.0901 e. The zero-order valence-corrected chi connectivity index (χ0v) is 16.5. The molecule has 124 valence electrons. The lowest BCUT2D eigenvalue weighted by Gasteiger charge is -2.43. The van der Waals surface area contributed by atoms with Crippen molar-refractivity contribution in [2.24, 2.45) is 0 Å². The molecule has 0 saturated heterocycles. The molecule has 1 aromatic carbocycles. The Bertz CT molecular complexity index is 637. The molecule has 1 fully saturated rings. The highest BCUT2D eigenvalue weighted by molar-refractivity contribution is 6.75. The van der Waals surface area contributed by atoms with E-state index in [1.165, 1.54) is 42.4 Å². The summed E-state index contributed by atoms with van der Waals surface area (Å²) in [7, 11) is -1.08. The molecule has 1 N–H and O–H groups in total. The molecule has 23 heavy (non-hydrogen) atoms. The smallest absolute Gasteiger partial charge is 0.0901 e. The van der Waals surface area contributed by atoms with E-state index in [4.69, 9.17) is 0 Å². The molecule has 1 aromatic rings. The summed E-state index contributed by atoms with van der Waals surface area (Å²) in [5.41, 5.74) is 4.46. The number of nitrogens with one attached hydrogen (secondary N) is 1. The summed E-state index contributed by atoms with van der Waals surface area (Å²) >= 11 is 0. The number of hydrogen-bond acceptors (Lipinski definition) is 1. The van der Waals surface area contributed by atoms with Crippen LogP contribution in [0.15, 0.2) is 53.1 Å². The third-order valence-electron chi connectivity index (χ3n) is 6.57. The maximum atomic E-state index is 4.20. The average molecular weight is 326 g/mol. The molecule has 3 rings (SSSR count). The van der Waals surface area contributed by atoms with E-state index in [0.29, 0.717) is 5.16 Å². The lowest BCUT2D eigenvalue weighted by Crippen LogP contribution is -2.65. The normalized spacial score (nSPS) is 28.1. The van der Waals surface area contributed by atoms with Crippen LogP contribution in [-0.4, -0.2) is 19.5 Å². The van der Waals surface area contributed by atoms with Gasteiger partial charge in [-0.2, -0.15) is 0 Å². The van der Waals surface area contributed by atoms with Crippen LogP contribution in [0.5, 0.6) is 0 Å². The second-order valence-corrected chi connectivity index (χ2v) is 11.1. The van der Waals surface area contributed by atoms with Crippen molar-refractivity contribution < 1.29 is 0 Å². The van der Waals surface area contributed by atoms with E-state index in [-0.39, 0.29) is 5.54 Å². The Balaban J connectivity index is 1.94. The Labute approximate surface area is 143 Å². The first-order valence-electron chi connectivity index (χ1n) is 9.10. The standard InChI is InChI=1S/C21H31NSi/c1-16-15-20(4,18(3)17(16)2)22-21(13-9-10-14-21)23(5)19-11-7-6-8-12-19/h6-8,11-12,15,22-23H,9-10,13-14H2,1-5H3. The molecule has 0 aromatic heterocycles. The van der Waals surface area contributed by atoms with Gasteiger partial charge in [-0.3, -0.25) is 0 Å². The molecule has 0 amide bonds. The molecule has 1 nitrogen and oxygen atoms in total. The van der Waals surface area contributed by atoms with Gasteiger partial charge in [0.05, 0.1) is 14.3 Å². The van der Waals surface area contributed by atoms with Gasteiger partial charge in [-0.25, -0.2) is 0 Å². The summed E-state index contributed by atoms with van der Waals surface area (Å²) in [5.74, 6) is 0. The Morgan fingerprint density at radius 1 is 1.00 bits per heavy atom. The minimum atomic E-state index is -1.08. The van der Waals surface area contributed by atoms with Gasteiger partial charge in [0.2, 0.25) is 0 Å². The molecule has 0 radical (unpaired) electrons. The number of benzene rings is 1. The second-order valence-electron chi connectivity index (χ2n) is 7.90. The summed E-state index contributed by atoms with van der Waals surface area (Å²) < 4.78 is 0. The van der Waals surface area contributed by atoms with E-state index in [1.54, 1.807) is 5.19 Å². The van der Waals surface area contributed by atoms with Gasteiger partial charge in [0.25, 0.3) is 0 Å². The monoisotopic (exact) mass is 325 g/mol. The Morgan fingerprint density at radius 2 is 1.61 bits per heavy atom. The van der Waals surface area contributed by atoms with Crippen molar-refractivity contribution in [2.45, 2.75) is 70.6 Å². The van der Waals surface area contributed by atoms with Crippen molar-refractivity contribution in [3.8, 4) is 0 Å². The van der Waals surface area contributed by atoms with Crippen molar-refractivity contribution in [3.63, 3.8) is 0 Å². The predicted octanol–water partition coefficient (Wildman–Crippen LogP) is 4.25. The van der Waals surface area contributed by atoms with Gasteiger partial charge in [-0.1, -0.05) is 66.6 Å². The minimum Gasteiger partial charge on any atom is -0.302 e. The number of allylic oxidation sites excluding steroid dienone is 2. The fourth-order valence-electron chi connectivity index (χ4n) is 4.71. The van der Waals surface area contributed by atoms with Crippen LogP contribution in [0.4, 0.5) is 0 Å². The summed E-state index contributed by atoms with van der Waals surface area (Å²) in [4.78, 5) is 0. The second kappa shape index (κ2) is 6.07. The van der Waals surface area contributed by atoms with Crippen molar-refractivity contribution in [2.75, 3.05) is 0 Å². The van der Waals surface area contributed by atoms with Crippen molar-refractivity contribution in [1.82, 2.24) is 5.32 Å². The van der Waals surface area contributed by atoms with Gasteiger partial charge in [-0.05, 0) is 51.7 Å². The fraction of sp³-hybridized carbons (Fsp3) is 0.524. The molecule has 0 spiro atoms. The first kappa shape index (κ1) is 16.7. The van der Waals surface area contributed by atoms with Crippen molar-refractivity contribution in [1.29, 1.82) is 0 Å². The quantitative estimate of drug-likeness (QED) is 0.816. The first-order chi connectivity index (χ1) is 10.9. The van der Waals surface area contributed by atoms with Gasteiger partial charge in [0.15, 0.2) is 0 Å². The summed E-state index contributed by atoms with van der Waals surface area (Å²) in [5, 5.41) is 6.15. The third-order valence-corrected chi connectivity index (χ3v) is 10.3. The average Bonchev–Trinajstić information content (AvgIpc) is 3.08. The first-order valence-corrected chi connectivity index (χ1v) is 11.4. The summed E-state index contributed by atoms with van der Waals surface area (Å²) in [6.45, 7) is 11.8. The largest absolute Gasteiger partial charge is 0.302 e. The van der Waals surface area contributed by atoms with Crippen LogP contribution in [-0.2, 0) is 0 Å². The van der Waals surface area contributed by atoms with E-state index in [1.807, 2.05) is 0 Å². The molecule has 2 aliphatic carbocycles. The van der Waals surface area contributed by atoms with Gasteiger partial charge >= 0.3 is 0 Å². The predicted molar refractivity (Wildman–Crippen MR) is 104 cm³/mol. The fourth-order valence-corrected chi connectivity index (χ4v) is 7.94. The maximum absolute atomic E-state index is 4.20. The molecule has 2 heteroatoms. The highest BCUT2D eigenvalue weighted by atomic mass is 28.3. The number of rotatable bonds is 4. The van der Waals surface area contributed by atoms with Crippen LogP contribution in [0, 0.1) is 0 Å². The molecule has 2 unspecified atom stereocenters. The lowest BCUT2D eigenvalue weighted by molar-refractivity contribution is 0.368. The number of hydrogen-bond donors (Lipinski definition) is 1. The van der Waals surface area contributed by atoms with Gasteiger partial charge in [0, 0.05) is 5.16 Å². The summed E-state index contributed by atoms with van der Waals surface area (Å²) in [6, 6.07) is 11.3. The van der Waals surface area contributed by atoms with Crippen LogP contribution in [0.1, 0.15) is 53.4 Å². The van der Waals surface area contributed by atoms with E-state index >= 15 is 0 Å². The topological polar surface area (TPSA) is 12.0 Å². The molecule has 2 aliphatic rings. The third kappa shape index (κ3) is 2.87. The van der Waals surface area contributed by atoms with E-state index < -0.39 is 8.80 Å². The van der Waals surface area contributed by atoms with Crippen LogP contribution in [0.3, 0.4) is 0 Å². The molecule has 0 heterocycles. The van der Waals surface area contributed by atoms with E-state index in [9.17, 15) is 0 Å². The van der Waals surface area contributed by atoms with Gasteiger partial charge in [-0.15, -0.1) is 0 Å². The van der Waals surface area contributed by atoms with Gasteiger partial charge < -0.3 is 5.32 Å². The molecule has 2 atom stereocenters. The van der Waals surface area contributed by atoms with Gasteiger partial charge in [0.1, 0.15) is 0 Å². The highest BCUT2D eigenvalue weighted by Gasteiger charge is 2.45. The Kier molecular flexibility index (Phi) is 4.41. The van der Waals surface area contributed by atoms with Crippen LogP contribution in [0.2, 0.25) is 6.55 Å². The van der Waals surface area contributed by atoms with Crippen molar-refractivity contribution >= 4 is 14.0 Å². The zero-order chi connectivity index (χ0) is 16.7. The van der Waals surface area contributed by atoms with E-state index in [0.717, 1.165) is 0 Å². The summed E-state index contributed by atoms with van der Waals surface area (Å²) in [6.07, 6.45) is 7.88.